The fourth-order valence-corrected chi connectivity index (χ4v) is 5.87. The zero-order valence-electron chi connectivity index (χ0n) is 19.7. The summed E-state index contributed by atoms with van der Waals surface area (Å²) in [6.45, 7) is 0.486. The number of Topliss-reactive ketones (excluding diaryl/α,β-unsaturated/α-hetero) is 1. The number of piperidine rings is 1. The molecule has 0 spiro atoms. The molecule has 3 N–H and O–H groups in total. The number of imidazole rings is 1. The van der Waals surface area contributed by atoms with Gasteiger partial charge in [-0.2, -0.15) is 9.61 Å². The normalized spacial score (nSPS) is 21.3. The van der Waals surface area contributed by atoms with Crippen molar-refractivity contribution in [2.75, 3.05) is 12.4 Å². The van der Waals surface area contributed by atoms with E-state index >= 15 is 0 Å². The van der Waals surface area contributed by atoms with Gasteiger partial charge in [0, 0.05) is 47.7 Å². The van der Waals surface area contributed by atoms with Crippen molar-refractivity contribution in [1.29, 1.82) is 0 Å². The number of aromatic nitrogens is 6. The third-order valence-corrected chi connectivity index (χ3v) is 7.40. The van der Waals surface area contributed by atoms with Crippen molar-refractivity contribution >= 4 is 23.2 Å². The first-order valence-electron chi connectivity index (χ1n) is 12.0. The predicted octanol–water partition coefficient (Wildman–Crippen LogP) is 3.17. The van der Waals surface area contributed by atoms with Crippen LogP contribution in [-0.2, 0) is 4.79 Å². The average Bonchev–Trinajstić information content (AvgIpc) is 3.62. The summed E-state index contributed by atoms with van der Waals surface area (Å²) in [6, 6.07) is 3.67. The van der Waals surface area contributed by atoms with E-state index in [2.05, 4.69) is 20.1 Å². The first-order valence-corrected chi connectivity index (χ1v) is 12.0. The number of nitrogens with two attached hydrogens (primary N) is 1. The monoisotopic (exact) mass is 488 g/mol. The van der Waals surface area contributed by atoms with Crippen LogP contribution in [0.4, 0.5) is 10.2 Å². The minimum absolute atomic E-state index is 0.0567. The standard InChI is InChI=1S/C25H25FN8O2/c1-13(35)21-22(15-8-16-3-4-17(9-15)33(16)20(36)10-26)32-25-18(12-31-34(25)23(21)27)14-2-5-19(30-11-14)24-28-6-7-29-24/h2,5-7,11-12,15-17H,3-4,8-10,27H2,1H3,(H,28,29)/t15-,16-,17+. The van der Waals surface area contributed by atoms with Gasteiger partial charge in [-0.1, -0.05) is 6.07 Å². The molecule has 0 aliphatic carbocycles. The Balaban J connectivity index is 1.42. The van der Waals surface area contributed by atoms with Crippen molar-refractivity contribution in [2.24, 2.45) is 0 Å². The highest BCUT2D eigenvalue weighted by molar-refractivity contribution is 6.00. The molecule has 4 aromatic heterocycles. The van der Waals surface area contributed by atoms with Crippen LogP contribution in [-0.4, -0.2) is 64.9 Å². The number of ketones is 1. The third-order valence-electron chi connectivity index (χ3n) is 7.40. The Kier molecular flexibility index (Phi) is 5.27. The molecule has 2 saturated heterocycles. The molecule has 36 heavy (non-hydrogen) atoms. The summed E-state index contributed by atoms with van der Waals surface area (Å²) >= 11 is 0. The van der Waals surface area contributed by atoms with E-state index in [1.165, 1.54) is 11.4 Å². The lowest BCUT2D eigenvalue weighted by atomic mass is 9.85. The number of hydrogen-bond donors (Lipinski definition) is 2. The van der Waals surface area contributed by atoms with Crippen LogP contribution >= 0.6 is 0 Å². The lowest BCUT2D eigenvalue weighted by molar-refractivity contribution is -0.136. The van der Waals surface area contributed by atoms with Crippen molar-refractivity contribution in [3.8, 4) is 22.6 Å². The molecular weight excluding hydrogens is 463 g/mol. The molecule has 10 nitrogen and oxygen atoms in total. The van der Waals surface area contributed by atoms with E-state index < -0.39 is 12.6 Å². The number of alkyl halides is 1. The molecule has 2 aliphatic rings. The lowest BCUT2D eigenvalue weighted by Crippen LogP contribution is -2.47. The van der Waals surface area contributed by atoms with Gasteiger partial charge in [-0.3, -0.25) is 14.6 Å². The number of amides is 1. The van der Waals surface area contributed by atoms with Crippen LogP contribution in [0.25, 0.3) is 28.3 Å². The van der Waals surface area contributed by atoms with Gasteiger partial charge in [-0.05, 0) is 38.7 Å². The maximum Gasteiger partial charge on any atom is 0.254 e. The molecule has 184 valence electrons. The largest absolute Gasteiger partial charge is 0.383 e. The lowest BCUT2D eigenvalue weighted by Gasteiger charge is -2.38. The number of nitrogen functional groups attached to an aromatic ring is 1. The topological polar surface area (TPSA) is 135 Å². The van der Waals surface area contributed by atoms with Gasteiger partial charge in [-0.15, -0.1) is 0 Å². The summed E-state index contributed by atoms with van der Waals surface area (Å²) in [5.74, 6) is 0.194. The number of H-pyrrole nitrogens is 1. The molecule has 1 amide bonds. The van der Waals surface area contributed by atoms with Gasteiger partial charge in [0.15, 0.2) is 23.9 Å². The maximum atomic E-state index is 13.2. The number of fused-ring (bicyclic) bond motifs is 3. The number of aromatic amines is 1. The third kappa shape index (κ3) is 3.45. The highest BCUT2D eigenvalue weighted by atomic mass is 19.1. The minimum Gasteiger partial charge on any atom is -0.383 e. The predicted molar refractivity (Wildman–Crippen MR) is 130 cm³/mol. The molecule has 6 heterocycles. The van der Waals surface area contributed by atoms with Gasteiger partial charge in [0.2, 0.25) is 0 Å². The Hall–Kier alpha value is -4.15. The molecule has 11 heteroatoms. The second-order valence-electron chi connectivity index (χ2n) is 9.46. The van der Waals surface area contributed by atoms with Crippen molar-refractivity contribution in [2.45, 2.75) is 50.6 Å². The van der Waals surface area contributed by atoms with Crippen LogP contribution in [0.3, 0.4) is 0 Å². The van der Waals surface area contributed by atoms with E-state index in [0.717, 1.165) is 24.0 Å². The number of carbonyl (C=O) groups excluding carboxylic acids is 2. The van der Waals surface area contributed by atoms with Crippen LogP contribution in [0.2, 0.25) is 0 Å². The highest BCUT2D eigenvalue weighted by Crippen LogP contribution is 2.44. The number of anilines is 1. The van der Waals surface area contributed by atoms with Crippen LogP contribution in [0.5, 0.6) is 0 Å². The molecule has 3 atom stereocenters. The van der Waals surface area contributed by atoms with E-state index in [9.17, 15) is 14.0 Å². The minimum atomic E-state index is -0.987. The van der Waals surface area contributed by atoms with Crippen molar-refractivity contribution in [3.63, 3.8) is 0 Å². The van der Waals surface area contributed by atoms with Gasteiger partial charge >= 0.3 is 0 Å². The van der Waals surface area contributed by atoms with Gasteiger partial charge in [0.25, 0.3) is 5.91 Å². The average molecular weight is 489 g/mol. The number of rotatable bonds is 5. The number of carbonyl (C=O) groups is 2. The van der Waals surface area contributed by atoms with E-state index in [4.69, 9.17) is 10.7 Å². The number of hydrogen-bond acceptors (Lipinski definition) is 7. The Morgan fingerprint density at radius 1 is 1.17 bits per heavy atom. The van der Waals surface area contributed by atoms with Crippen molar-refractivity contribution in [3.05, 3.63) is 48.2 Å². The zero-order chi connectivity index (χ0) is 25.0. The Morgan fingerprint density at radius 3 is 2.56 bits per heavy atom. The SMILES string of the molecule is CC(=O)c1c([C@@H]2C[C@H]3CC[C@@H](C2)N3C(=O)CF)nc2c(-c3ccc(-c4ncc[nH]4)nc3)cnn2c1N. The molecule has 6 rings (SSSR count). The van der Waals surface area contributed by atoms with Crippen molar-refractivity contribution < 1.29 is 14.0 Å². The van der Waals surface area contributed by atoms with Crippen LogP contribution in [0, 0.1) is 0 Å². The quantitative estimate of drug-likeness (QED) is 0.412. The van der Waals surface area contributed by atoms with Gasteiger partial charge in [0.1, 0.15) is 11.5 Å². The molecule has 0 radical (unpaired) electrons. The Labute approximate surface area is 205 Å². The van der Waals surface area contributed by atoms with E-state index in [-0.39, 0.29) is 29.6 Å². The maximum absolute atomic E-state index is 13.2. The molecule has 0 unspecified atom stereocenters. The smallest absolute Gasteiger partial charge is 0.254 e. The molecule has 0 saturated carbocycles. The van der Waals surface area contributed by atoms with Crippen LogP contribution < -0.4 is 5.73 Å². The first kappa shape index (κ1) is 22.3. The Morgan fingerprint density at radius 2 is 1.94 bits per heavy atom. The summed E-state index contributed by atoms with van der Waals surface area (Å²) in [5, 5.41) is 4.42. The van der Waals surface area contributed by atoms with Gasteiger partial charge < -0.3 is 15.6 Å². The van der Waals surface area contributed by atoms with E-state index in [1.807, 2.05) is 12.1 Å². The van der Waals surface area contributed by atoms with Crippen LogP contribution in [0.1, 0.15) is 54.6 Å². The van der Waals surface area contributed by atoms with Crippen LogP contribution in [0.15, 0.2) is 36.9 Å². The molecule has 2 fully saturated rings. The van der Waals surface area contributed by atoms with E-state index in [0.29, 0.717) is 41.3 Å². The zero-order valence-corrected chi connectivity index (χ0v) is 19.7. The summed E-state index contributed by atoms with van der Waals surface area (Å²) in [6.07, 6.45) is 9.69. The van der Waals surface area contributed by atoms with Gasteiger partial charge in [0.05, 0.1) is 17.5 Å². The Bertz CT molecular complexity index is 1450. The summed E-state index contributed by atoms with van der Waals surface area (Å²) in [5.41, 5.74) is 10.3. The number of nitrogens with one attached hydrogen (secondary N) is 1. The second kappa shape index (κ2) is 8.51. The number of nitrogens with zero attached hydrogens (tertiary/aromatic N) is 6. The molecule has 2 aliphatic heterocycles. The fourth-order valence-electron chi connectivity index (χ4n) is 5.87. The van der Waals surface area contributed by atoms with Crippen molar-refractivity contribution in [1.82, 2.24) is 34.4 Å². The molecule has 0 aromatic carbocycles. The number of halogens is 1. The highest BCUT2D eigenvalue weighted by Gasteiger charge is 2.44. The first-order chi connectivity index (χ1) is 17.5. The molecule has 2 bridgehead atoms. The fraction of sp³-hybridized carbons (Fsp3) is 0.360. The summed E-state index contributed by atoms with van der Waals surface area (Å²) in [4.78, 5) is 43.3. The summed E-state index contributed by atoms with van der Waals surface area (Å²) in [7, 11) is 0. The number of pyridine rings is 1. The second-order valence-corrected chi connectivity index (χ2v) is 9.46. The summed E-state index contributed by atoms with van der Waals surface area (Å²) < 4.78 is 14.6. The van der Waals surface area contributed by atoms with Gasteiger partial charge in [-0.25, -0.2) is 14.4 Å². The van der Waals surface area contributed by atoms with E-state index in [1.54, 1.807) is 29.7 Å². The molecular formula is C25H25FN8O2. The molecule has 4 aromatic rings.